The molecule has 1 aromatic carbocycles. The smallest absolute Gasteiger partial charge is 0.339 e. The van der Waals surface area contributed by atoms with Gasteiger partial charge in [-0.3, -0.25) is 0 Å². The van der Waals surface area contributed by atoms with Crippen LogP contribution in [0.3, 0.4) is 0 Å². The van der Waals surface area contributed by atoms with Gasteiger partial charge in [0.15, 0.2) is 0 Å². The SMILES string of the molecule is CCCCOC(=O)c1cc(C)c(C)cc1C(=O)OCCCC(C)C. The van der Waals surface area contributed by atoms with Crippen molar-refractivity contribution in [3.63, 3.8) is 0 Å². The fraction of sp³-hybridized carbons (Fsp3) is 0.600. The third-order valence-corrected chi connectivity index (χ3v) is 3.96. The predicted molar refractivity (Wildman–Crippen MR) is 95.5 cm³/mol. The summed E-state index contributed by atoms with van der Waals surface area (Å²) in [5, 5.41) is 0. The van der Waals surface area contributed by atoms with Crippen molar-refractivity contribution in [1.82, 2.24) is 0 Å². The van der Waals surface area contributed by atoms with Gasteiger partial charge in [0.25, 0.3) is 0 Å². The van der Waals surface area contributed by atoms with Gasteiger partial charge < -0.3 is 9.47 Å². The van der Waals surface area contributed by atoms with Gasteiger partial charge in [0.05, 0.1) is 24.3 Å². The van der Waals surface area contributed by atoms with Crippen LogP contribution in [0.4, 0.5) is 0 Å². The van der Waals surface area contributed by atoms with Crippen molar-refractivity contribution in [3.8, 4) is 0 Å². The number of rotatable bonds is 9. The summed E-state index contributed by atoms with van der Waals surface area (Å²) < 4.78 is 10.6. The predicted octanol–water partition coefficient (Wildman–Crippen LogP) is 4.85. The molecule has 134 valence electrons. The number of carbonyl (C=O) groups excluding carboxylic acids is 2. The van der Waals surface area contributed by atoms with E-state index in [1.165, 1.54) is 0 Å². The number of carbonyl (C=O) groups is 2. The summed E-state index contributed by atoms with van der Waals surface area (Å²) in [5.74, 6) is -0.334. The Morgan fingerprint density at radius 1 is 0.917 bits per heavy atom. The van der Waals surface area contributed by atoms with Crippen LogP contribution in [0, 0.1) is 19.8 Å². The first kappa shape index (κ1) is 20.2. The fourth-order valence-corrected chi connectivity index (χ4v) is 2.28. The van der Waals surface area contributed by atoms with E-state index in [0.717, 1.165) is 36.8 Å². The number of unbranched alkanes of at least 4 members (excludes halogenated alkanes) is 1. The number of benzene rings is 1. The molecule has 0 aromatic heterocycles. The van der Waals surface area contributed by atoms with Gasteiger partial charge >= 0.3 is 11.9 Å². The quantitative estimate of drug-likeness (QED) is 0.478. The monoisotopic (exact) mass is 334 g/mol. The molecular weight excluding hydrogens is 304 g/mol. The lowest BCUT2D eigenvalue weighted by Crippen LogP contribution is -2.16. The Morgan fingerprint density at radius 2 is 1.38 bits per heavy atom. The van der Waals surface area contributed by atoms with Crippen LogP contribution < -0.4 is 0 Å². The Hall–Kier alpha value is -1.84. The molecule has 0 saturated heterocycles. The second-order valence-electron chi connectivity index (χ2n) is 6.64. The van der Waals surface area contributed by atoms with Crippen molar-refractivity contribution < 1.29 is 19.1 Å². The van der Waals surface area contributed by atoms with Gasteiger partial charge in [-0.25, -0.2) is 9.59 Å². The molecule has 0 amide bonds. The molecule has 0 saturated carbocycles. The Morgan fingerprint density at radius 3 is 1.79 bits per heavy atom. The van der Waals surface area contributed by atoms with Crippen LogP contribution in [0.15, 0.2) is 12.1 Å². The van der Waals surface area contributed by atoms with Crippen molar-refractivity contribution in [2.24, 2.45) is 5.92 Å². The van der Waals surface area contributed by atoms with E-state index in [9.17, 15) is 9.59 Å². The Labute approximate surface area is 145 Å². The zero-order valence-electron chi connectivity index (χ0n) is 15.6. The van der Waals surface area contributed by atoms with E-state index in [2.05, 4.69) is 13.8 Å². The van der Waals surface area contributed by atoms with Crippen molar-refractivity contribution in [2.75, 3.05) is 13.2 Å². The summed E-state index contributed by atoms with van der Waals surface area (Å²) in [6.07, 6.45) is 3.59. The minimum atomic E-state index is -0.458. The average Bonchev–Trinajstić information content (AvgIpc) is 2.53. The molecule has 1 aromatic rings. The van der Waals surface area contributed by atoms with Gasteiger partial charge in [0, 0.05) is 0 Å². The summed E-state index contributed by atoms with van der Waals surface area (Å²) in [4.78, 5) is 24.7. The van der Waals surface area contributed by atoms with Crippen molar-refractivity contribution in [2.45, 2.75) is 60.3 Å². The second kappa shape index (κ2) is 10.1. The fourth-order valence-electron chi connectivity index (χ4n) is 2.28. The number of aryl methyl sites for hydroxylation is 2. The van der Waals surface area contributed by atoms with Gasteiger partial charge in [-0.1, -0.05) is 27.2 Å². The standard InChI is InChI=1S/C20H30O4/c1-6-7-10-23-19(21)17-12-15(4)16(5)13-18(17)20(22)24-11-8-9-14(2)3/h12-14H,6-11H2,1-5H3. The first-order valence-electron chi connectivity index (χ1n) is 8.82. The van der Waals surface area contributed by atoms with Crippen LogP contribution in [0.2, 0.25) is 0 Å². The number of hydrogen-bond donors (Lipinski definition) is 0. The molecule has 0 N–H and O–H groups in total. The lowest BCUT2D eigenvalue weighted by Gasteiger charge is -2.13. The lowest BCUT2D eigenvalue weighted by molar-refractivity contribution is 0.0450. The molecule has 4 heteroatoms. The first-order valence-corrected chi connectivity index (χ1v) is 8.82. The van der Waals surface area contributed by atoms with Gasteiger partial charge in [-0.15, -0.1) is 0 Å². The van der Waals surface area contributed by atoms with Crippen LogP contribution in [0.25, 0.3) is 0 Å². The van der Waals surface area contributed by atoms with Crippen molar-refractivity contribution in [3.05, 3.63) is 34.4 Å². The van der Waals surface area contributed by atoms with E-state index >= 15 is 0 Å². The molecular formula is C20H30O4. The molecule has 0 aliphatic heterocycles. The molecule has 0 aliphatic carbocycles. The highest BCUT2D eigenvalue weighted by Gasteiger charge is 2.21. The summed E-state index contributed by atoms with van der Waals surface area (Å²) in [6, 6.07) is 3.44. The molecule has 0 spiro atoms. The minimum absolute atomic E-state index is 0.295. The van der Waals surface area contributed by atoms with Gasteiger partial charge in [0.2, 0.25) is 0 Å². The van der Waals surface area contributed by atoms with E-state index in [1.54, 1.807) is 12.1 Å². The zero-order chi connectivity index (χ0) is 18.1. The molecule has 0 atom stereocenters. The maximum Gasteiger partial charge on any atom is 0.339 e. The van der Waals surface area contributed by atoms with Gasteiger partial charge in [-0.05, 0) is 62.3 Å². The summed E-state index contributed by atoms with van der Waals surface area (Å²) >= 11 is 0. The van der Waals surface area contributed by atoms with Crippen molar-refractivity contribution in [1.29, 1.82) is 0 Å². The minimum Gasteiger partial charge on any atom is -0.462 e. The molecule has 24 heavy (non-hydrogen) atoms. The second-order valence-corrected chi connectivity index (χ2v) is 6.64. The van der Waals surface area contributed by atoms with Gasteiger partial charge in [0.1, 0.15) is 0 Å². The van der Waals surface area contributed by atoms with Crippen molar-refractivity contribution >= 4 is 11.9 Å². The highest BCUT2D eigenvalue weighted by atomic mass is 16.5. The molecule has 0 fully saturated rings. The normalized spacial score (nSPS) is 10.8. The van der Waals surface area contributed by atoms with Crippen LogP contribution in [0.5, 0.6) is 0 Å². The molecule has 0 radical (unpaired) electrons. The highest BCUT2D eigenvalue weighted by molar-refractivity contribution is 6.03. The van der Waals surface area contributed by atoms with Crippen LogP contribution in [-0.4, -0.2) is 25.2 Å². The van der Waals surface area contributed by atoms with E-state index < -0.39 is 11.9 Å². The van der Waals surface area contributed by atoms with E-state index in [0.29, 0.717) is 30.3 Å². The maximum atomic E-state index is 12.4. The summed E-state index contributed by atoms with van der Waals surface area (Å²) in [5.41, 5.74) is 2.50. The number of esters is 2. The Kier molecular flexibility index (Phi) is 8.51. The zero-order valence-corrected chi connectivity index (χ0v) is 15.6. The molecule has 4 nitrogen and oxygen atoms in total. The van der Waals surface area contributed by atoms with E-state index in [-0.39, 0.29) is 0 Å². The highest BCUT2D eigenvalue weighted by Crippen LogP contribution is 2.19. The van der Waals surface area contributed by atoms with E-state index in [1.807, 2.05) is 20.8 Å². The number of ether oxygens (including phenoxy) is 2. The molecule has 0 heterocycles. The third kappa shape index (κ3) is 6.34. The molecule has 1 rings (SSSR count). The Balaban J connectivity index is 2.85. The topological polar surface area (TPSA) is 52.6 Å². The molecule has 0 aliphatic rings. The van der Waals surface area contributed by atoms with Gasteiger partial charge in [-0.2, -0.15) is 0 Å². The Bertz CT molecular complexity index is 561. The van der Waals surface area contributed by atoms with E-state index in [4.69, 9.17) is 9.47 Å². The third-order valence-electron chi connectivity index (χ3n) is 3.96. The van der Waals surface area contributed by atoms with Crippen LogP contribution >= 0.6 is 0 Å². The summed E-state index contributed by atoms with van der Waals surface area (Å²) in [7, 11) is 0. The largest absolute Gasteiger partial charge is 0.462 e. The van der Waals surface area contributed by atoms with Crippen LogP contribution in [0.1, 0.15) is 78.3 Å². The number of hydrogen-bond acceptors (Lipinski definition) is 4. The molecule has 0 bridgehead atoms. The van der Waals surface area contributed by atoms with Crippen LogP contribution in [-0.2, 0) is 9.47 Å². The lowest BCUT2D eigenvalue weighted by atomic mass is 10.00. The average molecular weight is 334 g/mol. The summed E-state index contributed by atoms with van der Waals surface area (Å²) in [6.45, 7) is 10.9. The first-order chi connectivity index (χ1) is 11.4. The molecule has 0 unspecified atom stereocenters. The maximum absolute atomic E-state index is 12.4.